The Kier molecular flexibility index (Phi) is 4.04. The number of rotatable bonds is 4. The standard InChI is InChI=1S/C16H28N2O2/c1-17(2)9-14-8-15(19)10-18(14)16(20)7-13-6-11-3-4-12(13)5-11/h11-15,19H,3-10H2,1-2H3. The largest absolute Gasteiger partial charge is 0.391 e. The van der Waals surface area contributed by atoms with Crippen molar-refractivity contribution in [2.24, 2.45) is 17.8 Å². The van der Waals surface area contributed by atoms with Crippen LogP contribution in [0.4, 0.5) is 0 Å². The van der Waals surface area contributed by atoms with Gasteiger partial charge in [0.1, 0.15) is 0 Å². The van der Waals surface area contributed by atoms with Crippen LogP contribution in [-0.4, -0.2) is 60.1 Å². The molecule has 1 amide bonds. The topological polar surface area (TPSA) is 43.8 Å². The van der Waals surface area contributed by atoms with Crippen LogP contribution in [0.5, 0.6) is 0 Å². The van der Waals surface area contributed by atoms with Gasteiger partial charge in [0, 0.05) is 25.6 Å². The summed E-state index contributed by atoms with van der Waals surface area (Å²) < 4.78 is 0. The molecule has 0 radical (unpaired) electrons. The van der Waals surface area contributed by atoms with Gasteiger partial charge < -0.3 is 14.9 Å². The number of likely N-dealkylation sites (N-methyl/N-ethyl adjacent to an activating group) is 1. The number of hydrogen-bond donors (Lipinski definition) is 1. The van der Waals surface area contributed by atoms with E-state index in [-0.39, 0.29) is 18.1 Å². The fraction of sp³-hybridized carbons (Fsp3) is 0.938. The summed E-state index contributed by atoms with van der Waals surface area (Å²) in [6.07, 6.45) is 6.49. The minimum absolute atomic E-state index is 0.200. The van der Waals surface area contributed by atoms with Crippen molar-refractivity contribution in [2.45, 2.75) is 50.7 Å². The number of carbonyl (C=O) groups is 1. The maximum Gasteiger partial charge on any atom is 0.223 e. The molecule has 3 aliphatic rings. The molecule has 0 aromatic rings. The molecule has 3 rings (SSSR count). The molecule has 5 unspecified atom stereocenters. The minimum Gasteiger partial charge on any atom is -0.391 e. The predicted octanol–water partition coefficient (Wildman–Crippen LogP) is 1.34. The van der Waals surface area contributed by atoms with E-state index in [1.54, 1.807) is 0 Å². The molecule has 1 saturated heterocycles. The fourth-order valence-electron chi connectivity index (χ4n) is 4.76. The van der Waals surface area contributed by atoms with Crippen molar-refractivity contribution in [3.05, 3.63) is 0 Å². The second-order valence-electron chi connectivity index (χ2n) is 7.49. The van der Waals surface area contributed by atoms with Gasteiger partial charge in [-0.25, -0.2) is 0 Å². The number of nitrogens with zero attached hydrogens (tertiary/aromatic N) is 2. The van der Waals surface area contributed by atoms with E-state index in [0.717, 1.165) is 31.2 Å². The number of fused-ring (bicyclic) bond motifs is 2. The fourth-order valence-corrected chi connectivity index (χ4v) is 4.76. The summed E-state index contributed by atoms with van der Waals surface area (Å²) >= 11 is 0. The number of aliphatic hydroxyl groups excluding tert-OH is 1. The molecule has 2 aliphatic carbocycles. The van der Waals surface area contributed by atoms with Gasteiger partial charge in [-0.1, -0.05) is 6.42 Å². The Morgan fingerprint density at radius 3 is 2.65 bits per heavy atom. The highest BCUT2D eigenvalue weighted by atomic mass is 16.3. The lowest BCUT2D eigenvalue weighted by Gasteiger charge is -2.29. The van der Waals surface area contributed by atoms with Crippen LogP contribution in [0.25, 0.3) is 0 Å². The van der Waals surface area contributed by atoms with E-state index in [2.05, 4.69) is 4.90 Å². The Balaban J connectivity index is 1.58. The highest BCUT2D eigenvalue weighted by Crippen LogP contribution is 2.49. The van der Waals surface area contributed by atoms with Crippen LogP contribution < -0.4 is 0 Å². The van der Waals surface area contributed by atoms with Gasteiger partial charge in [-0.05, 0) is 57.5 Å². The highest BCUT2D eigenvalue weighted by Gasteiger charge is 2.42. The maximum atomic E-state index is 12.6. The first-order valence-electron chi connectivity index (χ1n) is 8.15. The van der Waals surface area contributed by atoms with Crippen LogP contribution in [0.3, 0.4) is 0 Å². The number of carbonyl (C=O) groups excluding carboxylic acids is 1. The highest BCUT2D eigenvalue weighted by molar-refractivity contribution is 5.77. The van der Waals surface area contributed by atoms with Crippen molar-refractivity contribution in [3.63, 3.8) is 0 Å². The lowest BCUT2D eigenvalue weighted by atomic mass is 9.86. The number of hydrogen-bond acceptors (Lipinski definition) is 3. The zero-order chi connectivity index (χ0) is 14.3. The number of amides is 1. The van der Waals surface area contributed by atoms with Crippen molar-refractivity contribution in [1.29, 1.82) is 0 Å². The summed E-state index contributed by atoms with van der Waals surface area (Å²) in [6, 6.07) is 0.200. The summed E-state index contributed by atoms with van der Waals surface area (Å²) in [7, 11) is 4.06. The normalized spacial score (nSPS) is 40.0. The van der Waals surface area contributed by atoms with Crippen molar-refractivity contribution in [2.75, 3.05) is 27.2 Å². The van der Waals surface area contributed by atoms with Crippen molar-refractivity contribution < 1.29 is 9.90 Å². The summed E-state index contributed by atoms with van der Waals surface area (Å²) in [5.74, 6) is 2.62. The summed E-state index contributed by atoms with van der Waals surface area (Å²) in [6.45, 7) is 1.40. The van der Waals surface area contributed by atoms with Gasteiger partial charge in [-0.2, -0.15) is 0 Å². The first kappa shape index (κ1) is 14.3. The van der Waals surface area contributed by atoms with Crippen LogP contribution >= 0.6 is 0 Å². The summed E-state index contributed by atoms with van der Waals surface area (Å²) in [4.78, 5) is 16.7. The second kappa shape index (κ2) is 5.64. The molecule has 4 nitrogen and oxygen atoms in total. The number of β-amino-alcohol motifs (C(OH)–C–C–N with tert-alkyl or cyclic N) is 1. The molecule has 3 fully saturated rings. The molecule has 5 atom stereocenters. The lowest BCUT2D eigenvalue weighted by Crippen LogP contribution is -2.42. The van der Waals surface area contributed by atoms with E-state index >= 15 is 0 Å². The molecule has 0 spiro atoms. The molecule has 1 N–H and O–H groups in total. The lowest BCUT2D eigenvalue weighted by molar-refractivity contribution is -0.134. The van der Waals surface area contributed by atoms with Gasteiger partial charge in [0.25, 0.3) is 0 Å². The molecule has 2 saturated carbocycles. The van der Waals surface area contributed by atoms with E-state index < -0.39 is 0 Å². The quantitative estimate of drug-likeness (QED) is 0.845. The van der Waals surface area contributed by atoms with E-state index in [1.165, 1.54) is 25.7 Å². The Bertz CT molecular complexity index is 371. The summed E-state index contributed by atoms with van der Waals surface area (Å²) in [5.41, 5.74) is 0. The zero-order valence-corrected chi connectivity index (χ0v) is 12.8. The minimum atomic E-state index is -0.330. The monoisotopic (exact) mass is 280 g/mol. The van der Waals surface area contributed by atoms with Gasteiger partial charge in [-0.15, -0.1) is 0 Å². The van der Waals surface area contributed by atoms with Crippen LogP contribution in [0, 0.1) is 17.8 Å². The van der Waals surface area contributed by atoms with Gasteiger partial charge in [0.05, 0.1) is 6.10 Å². The molecule has 20 heavy (non-hydrogen) atoms. The van der Waals surface area contributed by atoms with Gasteiger partial charge >= 0.3 is 0 Å². The van der Waals surface area contributed by atoms with Gasteiger partial charge in [0.2, 0.25) is 5.91 Å². The molecule has 0 aromatic carbocycles. The van der Waals surface area contributed by atoms with Crippen molar-refractivity contribution in [1.82, 2.24) is 9.80 Å². The molecule has 1 heterocycles. The Morgan fingerprint density at radius 1 is 1.25 bits per heavy atom. The zero-order valence-electron chi connectivity index (χ0n) is 12.8. The average molecular weight is 280 g/mol. The van der Waals surface area contributed by atoms with E-state index in [1.807, 2.05) is 19.0 Å². The first-order chi connectivity index (χ1) is 9.52. The van der Waals surface area contributed by atoms with Crippen LogP contribution in [-0.2, 0) is 4.79 Å². The molecular formula is C16H28N2O2. The Hall–Kier alpha value is -0.610. The molecule has 1 aliphatic heterocycles. The SMILES string of the molecule is CN(C)CC1CC(O)CN1C(=O)CC1CC2CCC1C2. The summed E-state index contributed by atoms with van der Waals surface area (Å²) in [5, 5.41) is 9.89. The third-order valence-electron chi connectivity index (χ3n) is 5.61. The molecule has 114 valence electrons. The third-order valence-corrected chi connectivity index (χ3v) is 5.61. The molecule has 0 aromatic heterocycles. The van der Waals surface area contributed by atoms with Gasteiger partial charge in [-0.3, -0.25) is 4.79 Å². The molecular weight excluding hydrogens is 252 g/mol. The number of aliphatic hydroxyl groups is 1. The predicted molar refractivity (Wildman–Crippen MR) is 78.2 cm³/mol. The van der Waals surface area contributed by atoms with Crippen molar-refractivity contribution >= 4 is 5.91 Å². The average Bonchev–Trinajstić information content (AvgIpc) is 3.03. The van der Waals surface area contributed by atoms with E-state index in [0.29, 0.717) is 12.5 Å². The maximum absolute atomic E-state index is 12.6. The van der Waals surface area contributed by atoms with E-state index in [4.69, 9.17) is 0 Å². The van der Waals surface area contributed by atoms with Crippen LogP contribution in [0.1, 0.15) is 38.5 Å². The third kappa shape index (κ3) is 2.86. The van der Waals surface area contributed by atoms with Crippen LogP contribution in [0.2, 0.25) is 0 Å². The first-order valence-corrected chi connectivity index (χ1v) is 8.15. The van der Waals surface area contributed by atoms with Gasteiger partial charge in [0.15, 0.2) is 0 Å². The molecule has 4 heteroatoms. The Morgan fingerprint density at radius 2 is 2.05 bits per heavy atom. The second-order valence-corrected chi connectivity index (χ2v) is 7.49. The van der Waals surface area contributed by atoms with Crippen LogP contribution in [0.15, 0.2) is 0 Å². The van der Waals surface area contributed by atoms with Crippen molar-refractivity contribution in [3.8, 4) is 0 Å². The number of likely N-dealkylation sites (tertiary alicyclic amines) is 1. The Labute approximate surface area is 122 Å². The van der Waals surface area contributed by atoms with E-state index in [9.17, 15) is 9.90 Å². The smallest absolute Gasteiger partial charge is 0.223 e. The molecule has 2 bridgehead atoms.